The van der Waals surface area contributed by atoms with Crippen LogP contribution < -0.4 is 10.5 Å². The molecule has 1 aromatic carbocycles. The molecular weight excluding hydrogens is 250 g/mol. The van der Waals surface area contributed by atoms with Crippen LogP contribution in [0, 0.1) is 18.8 Å². The van der Waals surface area contributed by atoms with Gasteiger partial charge in [0.15, 0.2) is 0 Å². The van der Waals surface area contributed by atoms with Crippen LogP contribution >= 0.6 is 0 Å². The minimum absolute atomic E-state index is 0.258. The zero-order valence-electron chi connectivity index (χ0n) is 12.3. The van der Waals surface area contributed by atoms with Gasteiger partial charge in [0.2, 0.25) is 0 Å². The van der Waals surface area contributed by atoms with E-state index in [0.29, 0.717) is 12.6 Å². The van der Waals surface area contributed by atoms with Gasteiger partial charge in [-0.05, 0) is 49.9 Å². The van der Waals surface area contributed by atoms with E-state index >= 15 is 0 Å². The maximum absolute atomic E-state index is 6.12. The first-order valence-corrected chi connectivity index (χ1v) is 7.22. The Morgan fingerprint density at radius 1 is 1.30 bits per heavy atom. The number of hydrogen-bond donors (Lipinski definition) is 1. The Bertz CT molecular complexity index is 501. The maximum Gasteiger partial charge on any atom is 0.122 e. The number of rotatable bonds is 3. The number of methoxy groups -OCH3 is 1. The predicted octanol–water partition coefficient (Wildman–Crippen LogP) is 2.64. The highest BCUT2D eigenvalue weighted by Gasteiger charge is 2.23. The van der Waals surface area contributed by atoms with Crippen molar-refractivity contribution >= 4 is 0 Å². The van der Waals surface area contributed by atoms with Crippen molar-refractivity contribution in [2.24, 2.45) is 5.73 Å². The van der Waals surface area contributed by atoms with Gasteiger partial charge in [-0.1, -0.05) is 11.8 Å². The van der Waals surface area contributed by atoms with Crippen molar-refractivity contribution in [3.63, 3.8) is 0 Å². The maximum atomic E-state index is 6.12. The van der Waals surface area contributed by atoms with Crippen LogP contribution in [0.15, 0.2) is 18.2 Å². The van der Waals surface area contributed by atoms with Crippen LogP contribution in [-0.4, -0.2) is 25.9 Å². The molecule has 0 amide bonds. The third-order valence-corrected chi connectivity index (χ3v) is 3.71. The first kappa shape index (κ1) is 14.9. The minimum Gasteiger partial charge on any atom is -0.490 e. The van der Waals surface area contributed by atoms with Gasteiger partial charge in [0.25, 0.3) is 0 Å². The summed E-state index contributed by atoms with van der Waals surface area (Å²) in [4.78, 5) is 0. The van der Waals surface area contributed by atoms with Crippen molar-refractivity contribution in [2.45, 2.75) is 44.8 Å². The van der Waals surface area contributed by atoms with E-state index in [1.54, 1.807) is 7.11 Å². The van der Waals surface area contributed by atoms with Gasteiger partial charge in [0.1, 0.15) is 11.9 Å². The predicted molar refractivity (Wildman–Crippen MR) is 80.8 cm³/mol. The number of nitrogens with two attached hydrogens (primary N) is 1. The summed E-state index contributed by atoms with van der Waals surface area (Å²) >= 11 is 0. The zero-order chi connectivity index (χ0) is 14.4. The van der Waals surface area contributed by atoms with E-state index < -0.39 is 0 Å². The first-order chi connectivity index (χ1) is 9.72. The molecule has 1 fully saturated rings. The lowest BCUT2D eigenvalue weighted by Crippen LogP contribution is -2.29. The van der Waals surface area contributed by atoms with Crippen LogP contribution in [0.5, 0.6) is 5.75 Å². The Kier molecular flexibility index (Phi) is 5.46. The van der Waals surface area contributed by atoms with Gasteiger partial charge < -0.3 is 15.2 Å². The second-order valence-electron chi connectivity index (χ2n) is 5.25. The normalized spacial score (nSPS) is 21.9. The third kappa shape index (κ3) is 4.00. The molecule has 3 nitrogen and oxygen atoms in total. The molecule has 1 aliphatic carbocycles. The Hall–Kier alpha value is -1.50. The van der Waals surface area contributed by atoms with E-state index in [0.717, 1.165) is 36.1 Å². The van der Waals surface area contributed by atoms with E-state index in [1.165, 1.54) is 6.42 Å². The van der Waals surface area contributed by atoms with E-state index in [2.05, 4.69) is 24.8 Å². The first-order valence-electron chi connectivity index (χ1n) is 7.22. The van der Waals surface area contributed by atoms with Crippen molar-refractivity contribution in [2.75, 3.05) is 13.7 Å². The Labute approximate surface area is 121 Å². The number of benzene rings is 1. The molecule has 0 aromatic heterocycles. The smallest absolute Gasteiger partial charge is 0.122 e. The standard InChI is InChI=1S/C17H23NO2/c1-13-11-14(5-4-10-18)8-9-17(13)20-16-7-3-6-15(12-16)19-2/h8-9,11,15-16H,3,6-7,10,12,18H2,1-2H3. The highest BCUT2D eigenvalue weighted by Crippen LogP contribution is 2.27. The zero-order valence-corrected chi connectivity index (χ0v) is 12.3. The van der Waals surface area contributed by atoms with Crippen molar-refractivity contribution in [1.29, 1.82) is 0 Å². The molecule has 2 rings (SSSR count). The molecule has 2 atom stereocenters. The average Bonchev–Trinajstić information content (AvgIpc) is 2.48. The molecule has 0 radical (unpaired) electrons. The van der Waals surface area contributed by atoms with E-state index in [9.17, 15) is 0 Å². The van der Waals surface area contributed by atoms with Crippen LogP contribution in [0.1, 0.15) is 36.8 Å². The summed E-state index contributed by atoms with van der Waals surface area (Å²) in [5, 5.41) is 0. The molecule has 108 valence electrons. The van der Waals surface area contributed by atoms with Gasteiger partial charge in [-0.2, -0.15) is 0 Å². The topological polar surface area (TPSA) is 44.5 Å². The van der Waals surface area contributed by atoms with Crippen LogP contribution in [0.2, 0.25) is 0 Å². The Balaban J connectivity index is 2.02. The Morgan fingerprint density at radius 2 is 2.10 bits per heavy atom. The van der Waals surface area contributed by atoms with Crippen molar-refractivity contribution in [3.8, 4) is 17.6 Å². The molecule has 0 bridgehead atoms. The quantitative estimate of drug-likeness (QED) is 0.861. The molecule has 1 aromatic rings. The Morgan fingerprint density at radius 3 is 2.80 bits per heavy atom. The molecule has 0 saturated heterocycles. The second-order valence-corrected chi connectivity index (χ2v) is 5.25. The van der Waals surface area contributed by atoms with Gasteiger partial charge in [-0.25, -0.2) is 0 Å². The summed E-state index contributed by atoms with van der Waals surface area (Å²) in [7, 11) is 1.78. The monoisotopic (exact) mass is 273 g/mol. The second kappa shape index (κ2) is 7.33. The summed E-state index contributed by atoms with van der Waals surface area (Å²) in [6.45, 7) is 2.44. The summed E-state index contributed by atoms with van der Waals surface area (Å²) in [6.07, 6.45) is 4.99. The lowest BCUT2D eigenvalue weighted by molar-refractivity contribution is 0.0207. The fourth-order valence-electron chi connectivity index (χ4n) is 2.62. The van der Waals surface area contributed by atoms with Gasteiger partial charge in [-0.3, -0.25) is 0 Å². The van der Waals surface area contributed by atoms with Crippen LogP contribution in [-0.2, 0) is 4.74 Å². The summed E-state index contributed by atoms with van der Waals surface area (Å²) in [5.41, 5.74) is 7.49. The molecular formula is C17H23NO2. The number of aryl methyl sites for hydroxylation is 1. The van der Waals surface area contributed by atoms with Crippen molar-refractivity contribution in [3.05, 3.63) is 29.3 Å². The van der Waals surface area contributed by atoms with E-state index in [-0.39, 0.29) is 6.10 Å². The summed E-state index contributed by atoms with van der Waals surface area (Å²) < 4.78 is 11.6. The van der Waals surface area contributed by atoms with E-state index in [4.69, 9.17) is 15.2 Å². The summed E-state index contributed by atoms with van der Waals surface area (Å²) in [6, 6.07) is 6.04. The highest BCUT2D eigenvalue weighted by atomic mass is 16.5. The molecule has 3 heteroatoms. The molecule has 2 N–H and O–H groups in total. The molecule has 1 saturated carbocycles. The molecule has 20 heavy (non-hydrogen) atoms. The van der Waals surface area contributed by atoms with Gasteiger partial charge in [-0.15, -0.1) is 0 Å². The molecule has 1 aliphatic rings. The number of ether oxygens (including phenoxy) is 2. The number of hydrogen-bond acceptors (Lipinski definition) is 3. The van der Waals surface area contributed by atoms with Crippen LogP contribution in [0.4, 0.5) is 0 Å². The average molecular weight is 273 g/mol. The lowest BCUT2D eigenvalue weighted by Gasteiger charge is -2.29. The van der Waals surface area contributed by atoms with Crippen molar-refractivity contribution < 1.29 is 9.47 Å². The third-order valence-electron chi connectivity index (χ3n) is 3.71. The fraction of sp³-hybridized carbons (Fsp3) is 0.529. The van der Waals surface area contributed by atoms with Crippen molar-refractivity contribution in [1.82, 2.24) is 0 Å². The van der Waals surface area contributed by atoms with Crippen LogP contribution in [0.25, 0.3) is 0 Å². The van der Waals surface area contributed by atoms with Gasteiger partial charge >= 0.3 is 0 Å². The fourth-order valence-corrected chi connectivity index (χ4v) is 2.62. The molecule has 2 unspecified atom stereocenters. The molecule has 0 spiro atoms. The van der Waals surface area contributed by atoms with Crippen LogP contribution in [0.3, 0.4) is 0 Å². The summed E-state index contributed by atoms with van der Waals surface area (Å²) in [5.74, 6) is 6.86. The minimum atomic E-state index is 0.258. The molecule has 0 heterocycles. The van der Waals surface area contributed by atoms with Gasteiger partial charge in [0.05, 0.1) is 12.6 Å². The van der Waals surface area contributed by atoms with Gasteiger partial charge in [0, 0.05) is 19.1 Å². The lowest BCUT2D eigenvalue weighted by atomic mass is 9.95. The largest absolute Gasteiger partial charge is 0.490 e. The molecule has 0 aliphatic heterocycles. The SMILES string of the molecule is COC1CCCC(Oc2ccc(C#CCN)cc2C)C1. The highest BCUT2D eigenvalue weighted by molar-refractivity contribution is 5.43. The van der Waals surface area contributed by atoms with E-state index in [1.807, 2.05) is 12.1 Å².